The van der Waals surface area contributed by atoms with Crippen molar-refractivity contribution in [2.24, 2.45) is 0 Å². The number of carbonyl (C=O) groups excluding carboxylic acids is 1. The predicted molar refractivity (Wildman–Crippen MR) is 90.0 cm³/mol. The van der Waals surface area contributed by atoms with E-state index in [1.165, 1.54) is 11.8 Å². The Morgan fingerprint density at radius 3 is 2.56 bits per heavy atom. The number of hydrogen-bond donors (Lipinski definition) is 1. The smallest absolute Gasteiger partial charge is 0.403 e. The minimum Gasteiger partial charge on any atom is -0.403 e. The summed E-state index contributed by atoms with van der Waals surface area (Å²) in [4.78, 5) is 13.6. The van der Waals surface area contributed by atoms with Crippen molar-refractivity contribution in [2.75, 3.05) is 18.4 Å². The topological polar surface area (TPSA) is 80.5 Å². The average Bonchev–Trinajstić information content (AvgIpc) is 2.99. The van der Waals surface area contributed by atoms with Crippen LogP contribution >= 0.6 is 11.6 Å². The molecule has 1 atom stereocenters. The monoisotopic (exact) mass is 404 g/mol. The van der Waals surface area contributed by atoms with Crippen LogP contribution in [0.5, 0.6) is 0 Å². The Kier molecular flexibility index (Phi) is 5.04. The molecule has 1 aliphatic heterocycles. The Morgan fingerprint density at radius 1 is 1.33 bits per heavy atom. The lowest BCUT2D eigenvalue weighted by Crippen LogP contribution is -2.66. The zero-order chi connectivity index (χ0) is 19.8. The van der Waals surface area contributed by atoms with Gasteiger partial charge in [0.05, 0.1) is 13.1 Å². The lowest BCUT2D eigenvalue weighted by Gasteiger charge is -2.48. The first-order valence-corrected chi connectivity index (χ1v) is 8.34. The van der Waals surface area contributed by atoms with Crippen LogP contribution in [0.1, 0.15) is 13.8 Å². The molecule has 1 aromatic carbocycles. The van der Waals surface area contributed by atoms with Crippen LogP contribution in [-0.2, 0) is 9.53 Å². The number of nitrogens with zero attached hydrogens (tertiary/aromatic N) is 3. The maximum atomic E-state index is 12.3. The second-order valence-corrected chi connectivity index (χ2v) is 6.91. The Morgan fingerprint density at radius 2 is 1.96 bits per heavy atom. The first-order chi connectivity index (χ1) is 12.5. The van der Waals surface area contributed by atoms with Crippen LogP contribution in [0, 0.1) is 0 Å². The van der Waals surface area contributed by atoms with E-state index in [0.717, 1.165) is 0 Å². The highest BCUT2D eigenvalue weighted by Gasteiger charge is 2.50. The number of aromatic nitrogens is 2. The van der Waals surface area contributed by atoms with E-state index in [4.69, 9.17) is 16.0 Å². The number of rotatable bonds is 5. The maximum Gasteiger partial charge on any atom is 0.523 e. The van der Waals surface area contributed by atoms with Crippen LogP contribution in [0.2, 0.25) is 5.02 Å². The SMILES string of the molecule is C[C@@H](Nc1nnc(-c2ccc(Cl)cc2)o1)C(=O)N1CC(C)(OC(F)(F)F)C1. The Labute approximate surface area is 157 Å². The van der Waals surface area contributed by atoms with Crippen LogP contribution in [0.3, 0.4) is 0 Å². The molecule has 1 aliphatic rings. The number of ether oxygens (including phenoxy) is 1. The van der Waals surface area contributed by atoms with Gasteiger partial charge in [0.2, 0.25) is 11.8 Å². The minimum absolute atomic E-state index is 0.0237. The van der Waals surface area contributed by atoms with Crippen LogP contribution in [0.4, 0.5) is 19.2 Å². The number of alkyl halides is 3. The third-order valence-electron chi connectivity index (χ3n) is 3.95. The number of nitrogens with one attached hydrogen (secondary N) is 1. The van der Waals surface area contributed by atoms with Crippen LogP contribution in [0.15, 0.2) is 28.7 Å². The normalized spacial score (nSPS) is 17.3. The van der Waals surface area contributed by atoms with Gasteiger partial charge < -0.3 is 14.6 Å². The molecule has 1 saturated heterocycles. The van der Waals surface area contributed by atoms with Gasteiger partial charge in [-0.2, -0.15) is 0 Å². The molecule has 11 heteroatoms. The standard InChI is InChI=1S/C16H16ClF3N4O3/c1-9(13(25)24-7-15(2,8-24)27-16(18,19)20)21-14-23-22-12(26-14)10-3-5-11(17)6-4-10/h3-6,9H,7-8H2,1-2H3,(H,21,23)/t9-/m1/s1. The molecule has 146 valence electrons. The van der Waals surface area contributed by atoms with Gasteiger partial charge in [0.1, 0.15) is 11.6 Å². The van der Waals surface area contributed by atoms with Gasteiger partial charge in [-0.1, -0.05) is 16.7 Å². The van der Waals surface area contributed by atoms with Gasteiger partial charge in [-0.15, -0.1) is 18.3 Å². The number of hydrogen-bond acceptors (Lipinski definition) is 6. The molecule has 1 N–H and O–H groups in total. The van der Waals surface area contributed by atoms with Crippen molar-refractivity contribution >= 4 is 23.5 Å². The minimum atomic E-state index is -4.74. The molecule has 3 rings (SSSR count). The number of likely N-dealkylation sites (tertiary alicyclic amines) is 1. The molecule has 0 bridgehead atoms. The van der Waals surface area contributed by atoms with Gasteiger partial charge in [0.25, 0.3) is 0 Å². The molecule has 0 radical (unpaired) electrons. The summed E-state index contributed by atoms with van der Waals surface area (Å²) in [5.41, 5.74) is -0.776. The highest BCUT2D eigenvalue weighted by Crippen LogP contribution is 2.32. The van der Waals surface area contributed by atoms with E-state index in [1.807, 2.05) is 0 Å². The Balaban J connectivity index is 1.56. The Bertz CT molecular complexity index is 819. The lowest BCUT2D eigenvalue weighted by atomic mass is 9.95. The fraction of sp³-hybridized carbons (Fsp3) is 0.438. The third-order valence-corrected chi connectivity index (χ3v) is 4.20. The van der Waals surface area contributed by atoms with Gasteiger partial charge in [0, 0.05) is 10.6 Å². The van der Waals surface area contributed by atoms with Crippen LogP contribution in [-0.4, -0.2) is 52.1 Å². The molecule has 0 unspecified atom stereocenters. The molecule has 0 spiro atoms. The second-order valence-electron chi connectivity index (χ2n) is 6.48. The van der Waals surface area contributed by atoms with Gasteiger partial charge in [0.15, 0.2) is 0 Å². The van der Waals surface area contributed by atoms with E-state index in [2.05, 4.69) is 20.3 Å². The van der Waals surface area contributed by atoms with Crippen molar-refractivity contribution in [3.05, 3.63) is 29.3 Å². The fourth-order valence-corrected chi connectivity index (χ4v) is 2.90. The van der Waals surface area contributed by atoms with E-state index in [0.29, 0.717) is 10.6 Å². The summed E-state index contributed by atoms with van der Waals surface area (Å²) in [6.45, 7) is 2.54. The molecular weight excluding hydrogens is 389 g/mol. The van der Waals surface area contributed by atoms with Gasteiger partial charge in [-0.25, -0.2) is 0 Å². The molecule has 1 aromatic heterocycles. The summed E-state index contributed by atoms with van der Waals surface area (Å²) < 4.78 is 46.5. The number of benzene rings is 1. The summed E-state index contributed by atoms with van der Waals surface area (Å²) in [6.07, 6.45) is -4.74. The molecule has 2 heterocycles. The van der Waals surface area contributed by atoms with E-state index >= 15 is 0 Å². The molecule has 27 heavy (non-hydrogen) atoms. The van der Waals surface area contributed by atoms with Crippen molar-refractivity contribution in [3.8, 4) is 11.5 Å². The van der Waals surface area contributed by atoms with Crippen LogP contribution in [0.25, 0.3) is 11.5 Å². The number of halogens is 4. The lowest BCUT2D eigenvalue weighted by molar-refractivity contribution is -0.378. The van der Waals surface area contributed by atoms with Crippen molar-refractivity contribution < 1.29 is 27.1 Å². The summed E-state index contributed by atoms with van der Waals surface area (Å²) in [7, 11) is 0. The highest BCUT2D eigenvalue weighted by atomic mass is 35.5. The number of carbonyl (C=O) groups is 1. The first-order valence-electron chi connectivity index (χ1n) is 7.96. The van der Waals surface area contributed by atoms with E-state index in [-0.39, 0.29) is 25.0 Å². The number of anilines is 1. The summed E-state index contributed by atoms with van der Waals surface area (Å²) in [6, 6.07) is 6.01. The Hall–Kier alpha value is -2.33. The maximum absolute atomic E-state index is 12.3. The highest BCUT2D eigenvalue weighted by molar-refractivity contribution is 6.30. The van der Waals surface area contributed by atoms with Crippen molar-refractivity contribution in [1.82, 2.24) is 15.1 Å². The van der Waals surface area contributed by atoms with E-state index in [1.54, 1.807) is 31.2 Å². The molecule has 1 fully saturated rings. The number of amides is 1. The third kappa shape index (κ3) is 4.69. The predicted octanol–water partition coefficient (Wildman–Crippen LogP) is 3.33. The zero-order valence-corrected chi connectivity index (χ0v) is 15.1. The summed E-state index contributed by atoms with van der Waals surface area (Å²) >= 11 is 5.82. The largest absolute Gasteiger partial charge is 0.523 e. The molecule has 0 aliphatic carbocycles. The summed E-state index contributed by atoms with van der Waals surface area (Å²) in [5.74, 6) is -0.159. The molecule has 1 amide bonds. The van der Waals surface area contributed by atoms with Crippen molar-refractivity contribution in [2.45, 2.75) is 31.9 Å². The molecule has 0 saturated carbocycles. The first kappa shape index (κ1) is 19.4. The quantitative estimate of drug-likeness (QED) is 0.823. The molecule has 7 nitrogen and oxygen atoms in total. The zero-order valence-electron chi connectivity index (χ0n) is 14.4. The van der Waals surface area contributed by atoms with Gasteiger partial charge >= 0.3 is 12.4 Å². The van der Waals surface area contributed by atoms with Gasteiger partial charge in [-0.3, -0.25) is 9.53 Å². The van der Waals surface area contributed by atoms with Crippen molar-refractivity contribution in [1.29, 1.82) is 0 Å². The van der Waals surface area contributed by atoms with E-state index < -0.39 is 23.9 Å². The van der Waals surface area contributed by atoms with Crippen molar-refractivity contribution in [3.63, 3.8) is 0 Å². The summed E-state index contributed by atoms with van der Waals surface area (Å²) in [5, 5.41) is 11.0. The average molecular weight is 405 g/mol. The van der Waals surface area contributed by atoms with Crippen LogP contribution < -0.4 is 5.32 Å². The second kappa shape index (κ2) is 7.01. The molecular formula is C16H16ClF3N4O3. The van der Waals surface area contributed by atoms with E-state index in [9.17, 15) is 18.0 Å². The molecule has 2 aromatic rings. The fourth-order valence-electron chi connectivity index (χ4n) is 2.77. The van der Waals surface area contributed by atoms with Gasteiger partial charge in [-0.05, 0) is 38.1 Å².